The summed E-state index contributed by atoms with van der Waals surface area (Å²) in [7, 11) is 1.70. The van der Waals surface area contributed by atoms with Gasteiger partial charge in [0.15, 0.2) is 0 Å². The first-order chi connectivity index (χ1) is 10.8. The lowest BCUT2D eigenvalue weighted by Crippen LogP contribution is -2.44. The molecule has 0 aliphatic carbocycles. The highest BCUT2D eigenvalue weighted by molar-refractivity contribution is 5.74. The predicted molar refractivity (Wildman–Crippen MR) is 86.3 cm³/mol. The second kappa shape index (κ2) is 9.30. The molecular formula is C17H26N2O3. The summed E-state index contributed by atoms with van der Waals surface area (Å²) in [6, 6.07) is 8.26. The van der Waals surface area contributed by atoms with Gasteiger partial charge in [-0.25, -0.2) is 4.79 Å². The second-order valence-corrected chi connectivity index (χ2v) is 5.56. The predicted octanol–water partition coefficient (Wildman–Crippen LogP) is 2.50. The van der Waals surface area contributed by atoms with E-state index in [-0.39, 0.29) is 12.1 Å². The molecule has 1 aliphatic rings. The van der Waals surface area contributed by atoms with Gasteiger partial charge in [-0.1, -0.05) is 18.2 Å². The number of carbonyl (C=O) groups excluding carboxylic acids is 1. The zero-order chi connectivity index (χ0) is 15.6. The van der Waals surface area contributed by atoms with Gasteiger partial charge in [-0.2, -0.15) is 0 Å². The summed E-state index contributed by atoms with van der Waals surface area (Å²) in [5.41, 5.74) is 1.22. The van der Waals surface area contributed by atoms with Crippen molar-refractivity contribution in [3.63, 3.8) is 0 Å². The quantitative estimate of drug-likeness (QED) is 0.761. The average molecular weight is 306 g/mol. The van der Waals surface area contributed by atoms with Crippen molar-refractivity contribution in [3.05, 3.63) is 29.8 Å². The van der Waals surface area contributed by atoms with Crippen LogP contribution < -0.4 is 15.4 Å². The fourth-order valence-corrected chi connectivity index (χ4v) is 2.63. The number of amides is 2. The molecule has 2 N–H and O–H groups in total. The van der Waals surface area contributed by atoms with E-state index in [4.69, 9.17) is 9.47 Å². The van der Waals surface area contributed by atoms with Crippen LogP contribution in [0.4, 0.5) is 4.79 Å². The van der Waals surface area contributed by atoms with Crippen molar-refractivity contribution in [3.8, 4) is 5.75 Å². The van der Waals surface area contributed by atoms with Crippen LogP contribution in [-0.4, -0.2) is 38.9 Å². The highest BCUT2D eigenvalue weighted by atomic mass is 16.5. The van der Waals surface area contributed by atoms with Crippen LogP contribution in [0.3, 0.4) is 0 Å². The van der Waals surface area contributed by atoms with Gasteiger partial charge in [0.25, 0.3) is 0 Å². The van der Waals surface area contributed by atoms with Gasteiger partial charge in [0, 0.05) is 25.8 Å². The number of methoxy groups -OCH3 is 1. The minimum absolute atomic E-state index is 0.0656. The first-order valence-corrected chi connectivity index (χ1v) is 8.03. The number of unbranched alkanes of at least 4 members (excludes halogenated alkanes) is 1. The van der Waals surface area contributed by atoms with Gasteiger partial charge in [0.2, 0.25) is 0 Å². The first kappa shape index (κ1) is 16.6. The number of nitrogens with one attached hydrogen (secondary N) is 2. The smallest absolute Gasteiger partial charge is 0.315 e. The summed E-state index contributed by atoms with van der Waals surface area (Å²) in [6.07, 6.45) is 4.76. The van der Waals surface area contributed by atoms with Crippen molar-refractivity contribution in [2.24, 2.45) is 0 Å². The van der Waals surface area contributed by atoms with E-state index in [1.807, 2.05) is 18.2 Å². The van der Waals surface area contributed by atoms with E-state index in [0.717, 1.165) is 51.1 Å². The van der Waals surface area contributed by atoms with Gasteiger partial charge >= 0.3 is 6.03 Å². The van der Waals surface area contributed by atoms with Crippen LogP contribution in [0.15, 0.2) is 24.3 Å². The van der Waals surface area contributed by atoms with Crippen LogP contribution in [0.1, 0.15) is 31.2 Å². The van der Waals surface area contributed by atoms with E-state index in [2.05, 4.69) is 16.7 Å². The van der Waals surface area contributed by atoms with Gasteiger partial charge in [0.05, 0.1) is 7.11 Å². The van der Waals surface area contributed by atoms with E-state index >= 15 is 0 Å². The van der Waals surface area contributed by atoms with Crippen molar-refractivity contribution in [2.45, 2.75) is 38.1 Å². The summed E-state index contributed by atoms with van der Waals surface area (Å²) >= 11 is 0. The van der Waals surface area contributed by atoms with Crippen LogP contribution in [0.25, 0.3) is 0 Å². The normalized spacial score (nSPS) is 15.3. The summed E-state index contributed by atoms with van der Waals surface area (Å²) in [5.74, 6) is 0.938. The number of benzene rings is 1. The van der Waals surface area contributed by atoms with Crippen LogP contribution in [0.5, 0.6) is 5.75 Å². The van der Waals surface area contributed by atoms with E-state index in [9.17, 15) is 4.79 Å². The summed E-state index contributed by atoms with van der Waals surface area (Å²) in [4.78, 5) is 11.8. The van der Waals surface area contributed by atoms with E-state index in [1.54, 1.807) is 7.11 Å². The lowest BCUT2D eigenvalue weighted by molar-refractivity contribution is 0.0801. The Labute approximate surface area is 132 Å². The fraction of sp³-hybridized carbons (Fsp3) is 0.588. The third-order valence-corrected chi connectivity index (χ3v) is 3.91. The number of aryl methyl sites for hydroxylation is 1. The van der Waals surface area contributed by atoms with Crippen molar-refractivity contribution in [2.75, 3.05) is 26.9 Å². The lowest BCUT2D eigenvalue weighted by atomic mass is 10.1. The third-order valence-electron chi connectivity index (χ3n) is 3.91. The maximum atomic E-state index is 11.8. The summed E-state index contributed by atoms with van der Waals surface area (Å²) < 4.78 is 10.6. The minimum Gasteiger partial charge on any atom is -0.496 e. The second-order valence-electron chi connectivity index (χ2n) is 5.56. The van der Waals surface area contributed by atoms with Crippen molar-refractivity contribution in [1.29, 1.82) is 0 Å². The average Bonchev–Trinajstić information content (AvgIpc) is 2.56. The highest BCUT2D eigenvalue weighted by Crippen LogP contribution is 2.19. The monoisotopic (exact) mass is 306 g/mol. The molecule has 122 valence electrons. The molecule has 1 aromatic rings. The molecule has 1 aromatic carbocycles. The third kappa shape index (κ3) is 5.56. The molecule has 1 aliphatic heterocycles. The van der Waals surface area contributed by atoms with Gasteiger partial charge < -0.3 is 20.1 Å². The van der Waals surface area contributed by atoms with Crippen LogP contribution >= 0.6 is 0 Å². The first-order valence-electron chi connectivity index (χ1n) is 8.03. The van der Waals surface area contributed by atoms with Crippen LogP contribution in [0.2, 0.25) is 0 Å². The lowest BCUT2D eigenvalue weighted by Gasteiger charge is -2.23. The van der Waals surface area contributed by atoms with Crippen molar-refractivity contribution < 1.29 is 14.3 Å². The standard InChI is InChI=1S/C17H26N2O3/c1-21-16-8-3-2-6-14(16)7-4-5-11-18-17(20)19-15-9-12-22-13-10-15/h2-3,6,8,15H,4-5,7,9-13H2,1H3,(H2,18,19,20). The SMILES string of the molecule is COc1ccccc1CCCCNC(=O)NC1CCOCC1. The summed E-state index contributed by atoms with van der Waals surface area (Å²) in [5, 5.41) is 5.92. The Balaban J connectivity index is 1.57. The minimum atomic E-state index is -0.0656. The molecule has 0 saturated carbocycles. The molecule has 0 bridgehead atoms. The Morgan fingerprint density at radius 2 is 2.05 bits per heavy atom. The Morgan fingerprint density at radius 3 is 2.82 bits per heavy atom. The molecule has 5 nitrogen and oxygen atoms in total. The molecule has 1 fully saturated rings. The summed E-state index contributed by atoms with van der Waals surface area (Å²) in [6.45, 7) is 2.18. The maximum absolute atomic E-state index is 11.8. The number of rotatable bonds is 7. The van der Waals surface area contributed by atoms with Gasteiger partial charge in [0.1, 0.15) is 5.75 Å². The van der Waals surface area contributed by atoms with Gasteiger partial charge in [-0.3, -0.25) is 0 Å². The molecule has 0 aromatic heterocycles. The number of urea groups is 1. The van der Waals surface area contributed by atoms with Crippen molar-refractivity contribution >= 4 is 6.03 Å². The molecule has 0 radical (unpaired) electrons. The number of carbonyl (C=O) groups is 1. The molecule has 0 unspecified atom stereocenters. The largest absolute Gasteiger partial charge is 0.496 e. The fourth-order valence-electron chi connectivity index (χ4n) is 2.63. The molecule has 2 rings (SSSR count). The molecule has 1 heterocycles. The van der Waals surface area contributed by atoms with E-state index < -0.39 is 0 Å². The van der Waals surface area contributed by atoms with E-state index in [0.29, 0.717) is 6.54 Å². The van der Waals surface area contributed by atoms with Crippen LogP contribution in [-0.2, 0) is 11.2 Å². The zero-order valence-corrected chi connectivity index (χ0v) is 13.3. The zero-order valence-electron chi connectivity index (χ0n) is 13.3. The molecule has 1 saturated heterocycles. The molecule has 5 heteroatoms. The Bertz CT molecular complexity index is 459. The number of hydrogen-bond acceptors (Lipinski definition) is 3. The van der Waals surface area contributed by atoms with Gasteiger partial charge in [-0.05, 0) is 43.7 Å². The number of hydrogen-bond donors (Lipinski definition) is 2. The van der Waals surface area contributed by atoms with Crippen LogP contribution in [0, 0.1) is 0 Å². The molecule has 2 amide bonds. The topological polar surface area (TPSA) is 59.6 Å². The number of para-hydroxylation sites is 1. The Hall–Kier alpha value is -1.75. The van der Waals surface area contributed by atoms with Gasteiger partial charge in [-0.15, -0.1) is 0 Å². The Morgan fingerprint density at radius 1 is 1.27 bits per heavy atom. The Kier molecular flexibility index (Phi) is 7.03. The molecule has 22 heavy (non-hydrogen) atoms. The van der Waals surface area contributed by atoms with E-state index in [1.165, 1.54) is 5.56 Å². The molecule has 0 spiro atoms. The molecular weight excluding hydrogens is 280 g/mol. The molecule has 0 atom stereocenters. The maximum Gasteiger partial charge on any atom is 0.315 e. The van der Waals surface area contributed by atoms with Crippen molar-refractivity contribution in [1.82, 2.24) is 10.6 Å². The highest BCUT2D eigenvalue weighted by Gasteiger charge is 2.15. The number of ether oxygens (including phenoxy) is 2.